The van der Waals surface area contributed by atoms with E-state index in [1.807, 2.05) is 4.68 Å². The SMILES string of the molecule is CC(C)(C)n1nc(N)c2c1CCOC2. The van der Waals surface area contributed by atoms with Crippen LogP contribution in [-0.2, 0) is 23.3 Å². The van der Waals surface area contributed by atoms with Crippen LogP contribution in [0, 0.1) is 0 Å². The Morgan fingerprint density at radius 3 is 2.79 bits per heavy atom. The number of aromatic nitrogens is 2. The first-order chi connectivity index (χ1) is 6.50. The lowest BCUT2D eigenvalue weighted by Gasteiger charge is -2.24. The van der Waals surface area contributed by atoms with Crippen molar-refractivity contribution in [3.05, 3.63) is 11.3 Å². The first-order valence-electron chi connectivity index (χ1n) is 4.94. The number of nitrogen functional groups attached to an aromatic ring is 1. The fourth-order valence-electron chi connectivity index (χ4n) is 1.82. The summed E-state index contributed by atoms with van der Waals surface area (Å²) in [4.78, 5) is 0. The van der Waals surface area contributed by atoms with Crippen molar-refractivity contribution >= 4 is 5.82 Å². The molecule has 4 nitrogen and oxygen atoms in total. The van der Waals surface area contributed by atoms with Crippen LogP contribution < -0.4 is 5.73 Å². The molecule has 0 bridgehead atoms. The van der Waals surface area contributed by atoms with E-state index >= 15 is 0 Å². The van der Waals surface area contributed by atoms with E-state index in [9.17, 15) is 0 Å². The molecule has 0 fully saturated rings. The third kappa shape index (κ3) is 1.39. The summed E-state index contributed by atoms with van der Waals surface area (Å²) in [5.41, 5.74) is 8.16. The molecule has 2 rings (SSSR count). The Balaban J connectivity index is 2.52. The molecule has 1 aliphatic heterocycles. The number of anilines is 1. The van der Waals surface area contributed by atoms with Crippen molar-refractivity contribution in [1.82, 2.24) is 9.78 Å². The van der Waals surface area contributed by atoms with Gasteiger partial charge in [0.05, 0.1) is 18.8 Å². The fraction of sp³-hybridized carbons (Fsp3) is 0.700. The van der Waals surface area contributed by atoms with Crippen LogP contribution in [0.25, 0.3) is 0 Å². The number of ether oxygens (including phenoxy) is 1. The molecule has 1 aromatic heterocycles. The first-order valence-corrected chi connectivity index (χ1v) is 4.94. The molecule has 0 unspecified atom stereocenters. The van der Waals surface area contributed by atoms with E-state index in [4.69, 9.17) is 10.5 Å². The van der Waals surface area contributed by atoms with Crippen molar-refractivity contribution < 1.29 is 4.74 Å². The second kappa shape index (κ2) is 2.98. The lowest BCUT2D eigenvalue weighted by atomic mass is 10.1. The molecule has 2 N–H and O–H groups in total. The fourth-order valence-corrected chi connectivity index (χ4v) is 1.82. The summed E-state index contributed by atoms with van der Waals surface area (Å²) in [6.45, 7) is 7.78. The van der Waals surface area contributed by atoms with E-state index in [0.29, 0.717) is 12.4 Å². The van der Waals surface area contributed by atoms with Gasteiger partial charge in [-0.25, -0.2) is 0 Å². The number of nitrogens with two attached hydrogens (primary N) is 1. The Kier molecular flexibility index (Phi) is 2.03. The van der Waals surface area contributed by atoms with Gasteiger partial charge in [-0.15, -0.1) is 0 Å². The number of hydrogen-bond acceptors (Lipinski definition) is 3. The molecule has 78 valence electrons. The molecule has 0 spiro atoms. The van der Waals surface area contributed by atoms with Crippen LogP contribution in [0.5, 0.6) is 0 Å². The van der Waals surface area contributed by atoms with E-state index in [1.54, 1.807) is 0 Å². The van der Waals surface area contributed by atoms with Gasteiger partial charge in [0.25, 0.3) is 0 Å². The predicted octanol–water partition coefficient (Wildman–Crippen LogP) is 1.29. The lowest BCUT2D eigenvalue weighted by Crippen LogP contribution is -2.27. The van der Waals surface area contributed by atoms with Gasteiger partial charge in [-0.3, -0.25) is 4.68 Å². The minimum atomic E-state index is -0.000949. The van der Waals surface area contributed by atoms with E-state index in [1.165, 1.54) is 5.69 Å². The number of fused-ring (bicyclic) bond motifs is 1. The summed E-state index contributed by atoms with van der Waals surface area (Å²) in [6.07, 6.45) is 0.913. The summed E-state index contributed by atoms with van der Waals surface area (Å²) < 4.78 is 7.40. The van der Waals surface area contributed by atoms with Crippen LogP contribution in [0.3, 0.4) is 0 Å². The van der Waals surface area contributed by atoms with E-state index in [-0.39, 0.29) is 5.54 Å². The lowest BCUT2D eigenvalue weighted by molar-refractivity contribution is 0.107. The highest BCUT2D eigenvalue weighted by Crippen LogP contribution is 2.27. The molecule has 0 saturated carbocycles. The van der Waals surface area contributed by atoms with Crippen molar-refractivity contribution in [2.75, 3.05) is 12.3 Å². The zero-order chi connectivity index (χ0) is 10.3. The summed E-state index contributed by atoms with van der Waals surface area (Å²) in [7, 11) is 0. The highest BCUT2D eigenvalue weighted by Gasteiger charge is 2.25. The Hall–Kier alpha value is -1.03. The molecule has 0 aliphatic carbocycles. The Labute approximate surface area is 84.0 Å². The summed E-state index contributed by atoms with van der Waals surface area (Å²) in [5.74, 6) is 0.620. The molecule has 1 aliphatic rings. The second-order valence-electron chi connectivity index (χ2n) is 4.70. The van der Waals surface area contributed by atoms with Gasteiger partial charge in [-0.2, -0.15) is 5.10 Å². The maximum absolute atomic E-state index is 5.85. The molecule has 1 aromatic rings. The van der Waals surface area contributed by atoms with Crippen molar-refractivity contribution in [3.8, 4) is 0 Å². The van der Waals surface area contributed by atoms with Crippen LogP contribution in [0.4, 0.5) is 5.82 Å². The molecule has 0 atom stereocenters. The number of hydrogen-bond donors (Lipinski definition) is 1. The van der Waals surface area contributed by atoms with Crippen LogP contribution in [0.15, 0.2) is 0 Å². The molecular weight excluding hydrogens is 178 g/mol. The van der Waals surface area contributed by atoms with Crippen molar-refractivity contribution in [1.29, 1.82) is 0 Å². The predicted molar refractivity (Wildman–Crippen MR) is 55.0 cm³/mol. The van der Waals surface area contributed by atoms with E-state index in [0.717, 1.165) is 18.6 Å². The average Bonchev–Trinajstić information content (AvgIpc) is 2.44. The minimum Gasteiger partial charge on any atom is -0.382 e. The van der Waals surface area contributed by atoms with Crippen LogP contribution in [0.1, 0.15) is 32.0 Å². The zero-order valence-corrected chi connectivity index (χ0v) is 9.00. The third-order valence-electron chi connectivity index (χ3n) is 2.49. The quantitative estimate of drug-likeness (QED) is 0.678. The molecule has 4 heteroatoms. The summed E-state index contributed by atoms with van der Waals surface area (Å²) in [6, 6.07) is 0. The van der Waals surface area contributed by atoms with Gasteiger partial charge in [-0.05, 0) is 20.8 Å². The monoisotopic (exact) mass is 195 g/mol. The van der Waals surface area contributed by atoms with Crippen LogP contribution in [0.2, 0.25) is 0 Å². The number of rotatable bonds is 0. The van der Waals surface area contributed by atoms with Crippen LogP contribution >= 0.6 is 0 Å². The molecule has 2 heterocycles. The van der Waals surface area contributed by atoms with E-state index < -0.39 is 0 Å². The maximum atomic E-state index is 5.85. The number of nitrogens with zero attached hydrogens (tertiary/aromatic N) is 2. The molecule has 0 aromatic carbocycles. The molecule has 0 radical (unpaired) electrons. The molecule has 0 amide bonds. The standard InChI is InChI=1S/C10H17N3O/c1-10(2,3)13-8-4-5-14-6-7(8)9(11)12-13/h4-6H2,1-3H3,(H2,11,12). The van der Waals surface area contributed by atoms with Gasteiger partial charge in [0.2, 0.25) is 0 Å². The van der Waals surface area contributed by atoms with Crippen molar-refractivity contribution in [2.24, 2.45) is 0 Å². The Morgan fingerprint density at radius 1 is 1.43 bits per heavy atom. The minimum absolute atomic E-state index is 0.000949. The van der Waals surface area contributed by atoms with Crippen LogP contribution in [-0.4, -0.2) is 16.4 Å². The van der Waals surface area contributed by atoms with Gasteiger partial charge < -0.3 is 10.5 Å². The first kappa shape index (κ1) is 9.52. The van der Waals surface area contributed by atoms with E-state index in [2.05, 4.69) is 25.9 Å². The van der Waals surface area contributed by atoms with Crippen molar-refractivity contribution in [2.45, 2.75) is 39.3 Å². The normalized spacial score (nSPS) is 16.8. The van der Waals surface area contributed by atoms with Gasteiger partial charge in [-0.1, -0.05) is 0 Å². The molecular formula is C10H17N3O. The second-order valence-corrected chi connectivity index (χ2v) is 4.70. The largest absolute Gasteiger partial charge is 0.382 e. The highest BCUT2D eigenvalue weighted by atomic mass is 16.5. The van der Waals surface area contributed by atoms with Gasteiger partial charge >= 0.3 is 0 Å². The zero-order valence-electron chi connectivity index (χ0n) is 9.00. The smallest absolute Gasteiger partial charge is 0.151 e. The summed E-state index contributed by atoms with van der Waals surface area (Å²) >= 11 is 0. The Bertz CT molecular complexity index is 349. The molecule has 0 saturated heterocycles. The maximum Gasteiger partial charge on any atom is 0.151 e. The topological polar surface area (TPSA) is 53.1 Å². The van der Waals surface area contributed by atoms with Gasteiger partial charge in [0.15, 0.2) is 5.82 Å². The molecule has 14 heavy (non-hydrogen) atoms. The third-order valence-corrected chi connectivity index (χ3v) is 2.49. The van der Waals surface area contributed by atoms with Gasteiger partial charge in [0.1, 0.15) is 0 Å². The average molecular weight is 195 g/mol. The highest BCUT2D eigenvalue weighted by molar-refractivity contribution is 5.43. The van der Waals surface area contributed by atoms with Crippen molar-refractivity contribution in [3.63, 3.8) is 0 Å². The van der Waals surface area contributed by atoms with Gasteiger partial charge in [0, 0.05) is 17.7 Å². The summed E-state index contributed by atoms with van der Waals surface area (Å²) in [5, 5.41) is 4.38. The Morgan fingerprint density at radius 2 is 2.14 bits per heavy atom.